The third-order valence-electron chi connectivity index (χ3n) is 3.36. The Morgan fingerprint density at radius 2 is 2.43 bits per heavy atom. The number of aryl methyl sites for hydroxylation is 1. The topological polar surface area (TPSA) is 60.5 Å². The molecule has 0 saturated carbocycles. The number of thiazole rings is 1. The highest BCUT2D eigenvalue weighted by Crippen LogP contribution is 2.16. The van der Waals surface area contributed by atoms with Gasteiger partial charge < -0.3 is 14.8 Å². The van der Waals surface area contributed by atoms with E-state index in [0.29, 0.717) is 24.7 Å². The summed E-state index contributed by atoms with van der Waals surface area (Å²) in [5.41, 5.74) is 3.67. The van der Waals surface area contributed by atoms with E-state index in [-0.39, 0.29) is 18.1 Å². The number of ether oxygens (including phenoxy) is 2. The number of amides is 1. The molecule has 1 amide bonds. The Labute approximate surface area is 129 Å². The van der Waals surface area contributed by atoms with Crippen molar-refractivity contribution in [1.29, 1.82) is 0 Å². The molecule has 0 radical (unpaired) electrons. The van der Waals surface area contributed by atoms with Crippen molar-refractivity contribution in [2.45, 2.75) is 39.3 Å². The number of allylic oxidation sites excluding steroid dienone is 1. The summed E-state index contributed by atoms with van der Waals surface area (Å²) in [5.74, 6) is -0.0960. The summed E-state index contributed by atoms with van der Waals surface area (Å²) in [6.07, 6.45) is 2.83. The molecule has 1 fully saturated rings. The van der Waals surface area contributed by atoms with Gasteiger partial charge in [0.2, 0.25) is 0 Å². The van der Waals surface area contributed by atoms with Gasteiger partial charge in [-0.15, -0.1) is 11.3 Å². The number of nitrogens with one attached hydrogen (secondary N) is 1. The van der Waals surface area contributed by atoms with E-state index in [4.69, 9.17) is 9.47 Å². The van der Waals surface area contributed by atoms with Crippen LogP contribution in [0.3, 0.4) is 0 Å². The summed E-state index contributed by atoms with van der Waals surface area (Å²) in [7, 11) is 0. The van der Waals surface area contributed by atoms with Gasteiger partial charge in [0.05, 0.1) is 36.6 Å². The molecular weight excluding hydrogens is 288 g/mol. The van der Waals surface area contributed by atoms with E-state index in [1.807, 2.05) is 26.8 Å². The van der Waals surface area contributed by atoms with Gasteiger partial charge in [-0.25, -0.2) is 4.98 Å². The summed E-state index contributed by atoms with van der Waals surface area (Å²) in [5, 5.41) is 3.01. The van der Waals surface area contributed by atoms with Gasteiger partial charge in [0.1, 0.15) is 4.88 Å². The van der Waals surface area contributed by atoms with E-state index in [2.05, 4.69) is 10.3 Å². The van der Waals surface area contributed by atoms with Gasteiger partial charge in [0.15, 0.2) is 0 Å². The van der Waals surface area contributed by atoms with Crippen molar-refractivity contribution in [2.75, 3.05) is 19.8 Å². The Bertz CT molecular complexity index is 509. The van der Waals surface area contributed by atoms with Gasteiger partial charge in [-0.1, -0.05) is 11.6 Å². The Hall–Kier alpha value is -1.24. The van der Waals surface area contributed by atoms with Crippen molar-refractivity contribution in [2.24, 2.45) is 0 Å². The lowest BCUT2D eigenvalue weighted by Gasteiger charge is -2.31. The maximum atomic E-state index is 12.3. The van der Waals surface area contributed by atoms with Crippen LogP contribution in [0.2, 0.25) is 0 Å². The van der Waals surface area contributed by atoms with Crippen LogP contribution in [0.5, 0.6) is 0 Å². The number of carbonyl (C=O) groups excluding carboxylic acids is 1. The first-order chi connectivity index (χ1) is 10.1. The van der Waals surface area contributed by atoms with Crippen LogP contribution in [-0.4, -0.2) is 42.9 Å². The summed E-state index contributed by atoms with van der Waals surface area (Å²) < 4.78 is 11.3. The lowest BCUT2D eigenvalue weighted by molar-refractivity contribution is -0.0457. The van der Waals surface area contributed by atoms with Crippen molar-refractivity contribution in [3.8, 4) is 0 Å². The van der Waals surface area contributed by atoms with E-state index < -0.39 is 0 Å². The Morgan fingerprint density at radius 3 is 3.10 bits per heavy atom. The SMILES string of the molecule is CC(C)=CCO[C@H]1CCOC[C@H]1NC(=O)c1scnc1C. The molecule has 0 aliphatic carbocycles. The molecule has 1 aromatic rings. The molecule has 2 rings (SSSR count). The van der Waals surface area contributed by atoms with Gasteiger partial charge in [0, 0.05) is 6.61 Å². The molecule has 1 N–H and O–H groups in total. The van der Waals surface area contributed by atoms with Crippen LogP contribution in [0.15, 0.2) is 17.2 Å². The lowest BCUT2D eigenvalue weighted by Crippen LogP contribution is -2.50. The average molecular weight is 310 g/mol. The van der Waals surface area contributed by atoms with Crippen molar-refractivity contribution >= 4 is 17.2 Å². The maximum Gasteiger partial charge on any atom is 0.263 e. The van der Waals surface area contributed by atoms with E-state index in [1.165, 1.54) is 16.9 Å². The second kappa shape index (κ2) is 7.68. The monoisotopic (exact) mass is 310 g/mol. The number of hydrogen-bond donors (Lipinski definition) is 1. The molecule has 2 atom stereocenters. The number of aromatic nitrogens is 1. The predicted octanol–water partition coefficient (Wildman–Crippen LogP) is 2.32. The third-order valence-corrected chi connectivity index (χ3v) is 4.29. The fourth-order valence-corrected chi connectivity index (χ4v) is 2.85. The molecule has 1 aliphatic rings. The fourth-order valence-electron chi connectivity index (χ4n) is 2.14. The van der Waals surface area contributed by atoms with E-state index in [0.717, 1.165) is 12.1 Å². The number of rotatable bonds is 5. The third kappa shape index (κ3) is 4.62. The molecule has 1 aliphatic heterocycles. The first kappa shape index (κ1) is 16.1. The van der Waals surface area contributed by atoms with Crippen LogP contribution >= 0.6 is 11.3 Å². The first-order valence-electron chi connectivity index (χ1n) is 7.11. The molecular formula is C15H22N2O3S. The predicted molar refractivity (Wildman–Crippen MR) is 82.7 cm³/mol. The normalized spacial score (nSPS) is 21.9. The minimum absolute atomic E-state index is 0.00784. The Kier molecular flexibility index (Phi) is 5.90. The fraction of sp³-hybridized carbons (Fsp3) is 0.600. The molecule has 21 heavy (non-hydrogen) atoms. The quantitative estimate of drug-likeness (QED) is 0.848. The smallest absolute Gasteiger partial charge is 0.263 e. The summed E-state index contributed by atoms with van der Waals surface area (Å²) in [4.78, 5) is 17.0. The molecule has 0 unspecified atom stereocenters. The highest BCUT2D eigenvalue weighted by Gasteiger charge is 2.28. The molecule has 0 spiro atoms. The minimum Gasteiger partial charge on any atom is -0.379 e. The van der Waals surface area contributed by atoms with Gasteiger partial charge >= 0.3 is 0 Å². The molecule has 116 valence electrons. The van der Waals surface area contributed by atoms with Crippen LogP contribution < -0.4 is 5.32 Å². The zero-order chi connectivity index (χ0) is 15.2. The van der Waals surface area contributed by atoms with Gasteiger partial charge in [-0.3, -0.25) is 4.79 Å². The number of carbonyl (C=O) groups is 1. The molecule has 1 aromatic heterocycles. The van der Waals surface area contributed by atoms with Crippen LogP contribution in [0.1, 0.15) is 35.6 Å². The lowest BCUT2D eigenvalue weighted by atomic mass is 10.1. The van der Waals surface area contributed by atoms with Gasteiger partial charge in [-0.2, -0.15) is 0 Å². The zero-order valence-electron chi connectivity index (χ0n) is 12.7. The summed E-state index contributed by atoms with van der Waals surface area (Å²) >= 11 is 1.35. The maximum absolute atomic E-state index is 12.3. The van der Waals surface area contributed by atoms with Crippen LogP contribution in [0.25, 0.3) is 0 Å². The molecule has 1 saturated heterocycles. The summed E-state index contributed by atoms with van der Waals surface area (Å²) in [6, 6.07) is -0.113. The van der Waals surface area contributed by atoms with Crippen molar-refractivity contribution in [3.63, 3.8) is 0 Å². The van der Waals surface area contributed by atoms with Crippen LogP contribution in [0.4, 0.5) is 0 Å². The van der Waals surface area contributed by atoms with Gasteiger partial charge in [-0.05, 0) is 27.2 Å². The number of nitrogens with zero attached hydrogens (tertiary/aromatic N) is 1. The van der Waals surface area contributed by atoms with Crippen LogP contribution in [0, 0.1) is 6.92 Å². The largest absolute Gasteiger partial charge is 0.379 e. The minimum atomic E-state index is -0.113. The second-order valence-corrected chi connectivity index (χ2v) is 6.22. The second-order valence-electron chi connectivity index (χ2n) is 5.36. The first-order valence-corrected chi connectivity index (χ1v) is 7.99. The standard InChI is InChI=1S/C15H22N2O3S/c1-10(2)4-7-20-13-5-6-19-8-12(13)17-15(18)14-11(3)16-9-21-14/h4,9,12-13H,5-8H2,1-3H3,(H,17,18)/t12-,13+/m1/s1. The molecule has 5 nitrogen and oxygen atoms in total. The Morgan fingerprint density at radius 1 is 1.62 bits per heavy atom. The average Bonchev–Trinajstić information content (AvgIpc) is 2.86. The zero-order valence-corrected chi connectivity index (χ0v) is 13.5. The van der Waals surface area contributed by atoms with E-state index in [9.17, 15) is 4.79 Å². The van der Waals surface area contributed by atoms with Crippen molar-refractivity contribution < 1.29 is 14.3 Å². The molecule has 6 heteroatoms. The van der Waals surface area contributed by atoms with E-state index >= 15 is 0 Å². The van der Waals surface area contributed by atoms with E-state index in [1.54, 1.807) is 5.51 Å². The van der Waals surface area contributed by atoms with Crippen molar-refractivity contribution in [3.05, 3.63) is 27.7 Å². The number of hydrogen-bond acceptors (Lipinski definition) is 5. The van der Waals surface area contributed by atoms with Crippen LogP contribution in [-0.2, 0) is 9.47 Å². The molecule has 0 aromatic carbocycles. The molecule has 0 bridgehead atoms. The highest BCUT2D eigenvalue weighted by molar-refractivity contribution is 7.11. The molecule has 2 heterocycles. The van der Waals surface area contributed by atoms with Crippen molar-refractivity contribution in [1.82, 2.24) is 10.3 Å². The van der Waals surface area contributed by atoms with Gasteiger partial charge in [0.25, 0.3) is 5.91 Å². The summed E-state index contributed by atoms with van der Waals surface area (Å²) in [6.45, 7) is 7.65. The highest BCUT2D eigenvalue weighted by atomic mass is 32.1. The Balaban J connectivity index is 1.94.